The van der Waals surface area contributed by atoms with Crippen molar-refractivity contribution in [2.45, 2.75) is 37.0 Å². The second-order valence-electron chi connectivity index (χ2n) is 5.06. The summed E-state index contributed by atoms with van der Waals surface area (Å²) in [5.74, 6) is 1.16. The van der Waals surface area contributed by atoms with Gasteiger partial charge in [-0.1, -0.05) is 23.8 Å². The largest absolute Gasteiger partial charge is 0.573 e. The van der Waals surface area contributed by atoms with Crippen LogP contribution in [0.25, 0.3) is 5.69 Å². The Kier molecular flexibility index (Phi) is 5.40. The minimum Gasteiger partial charge on any atom is -0.406 e. The van der Waals surface area contributed by atoms with E-state index in [1.165, 1.54) is 40.7 Å². The van der Waals surface area contributed by atoms with Gasteiger partial charge >= 0.3 is 6.36 Å². The van der Waals surface area contributed by atoms with Crippen molar-refractivity contribution >= 4 is 11.8 Å². The lowest BCUT2D eigenvalue weighted by Crippen LogP contribution is -2.17. The normalized spacial score (nSPS) is 11.7. The van der Waals surface area contributed by atoms with Gasteiger partial charge in [0.2, 0.25) is 11.0 Å². The molecule has 0 aliphatic carbocycles. The zero-order valence-electron chi connectivity index (χ0n) is 13.5. The van der Waals surface area contributed by atoms with Crippen LogP contribution in [0.2, 0.25) is 0 Å². The monoisotopic (exact) mass is 386 g/mol. The van der Waals surface area contributed by atoms with Gasteiger partial charge in [-0.3, -0.25) is 0 Å². The third kappa shape index (κ3) is 4.71. The molecular weight excluding hydrogens is 373 g/mol. The Hall–Kier alpha value is -2.63. The fourth-order valence-corrected chi connectivity index (χ4v) is 2.75. The van der Waals surface area contributed by atoms with E-state index < -0.39 is 6.36 Å². The summed E-state index contributed by atoms with van der Waals surface area (Å²) < 4.78 is 47.0. The molecule has 2 heterocycles. The molecule has 12 heteroatoms. The highest BCUT2D eigenvalue weighted by Gasteiger charge is 2.31. The lowest BCUT2D eigenvalue weighted by Gasteiger charge is -2.09. The third-order valence-electron chi connectivity index (χ3n) is 3.06. The summed E-state index contributed by atoms with van der Waals surface area (Å²) in [7, 11) is 0. The van der Waals surface area contributed by atoms with Crippen molar-refractivity contribution in [2.75, 3.05) is 0 Å². The molecule has 0 fully saturated rings. The first kappa shape index (κ1) is 18.2. The summed E-state index contributed by atoms with van der Waals surface area (Å²) in [5.41, 5.74) is 0.492. The van der Waals surface area contributed by atoms with E-state index in [-0.39, 0.29) is 5.75 Å². The van der Waals surface area contributed by atoms with Crippen LogP contribution in [0.1, 0.15) is 25.1 Å². The number of aryl methyl sites for hydroxylation is 1. The second kappa shape index (κ2) is 7.72. The van der Waals surface area contributed by atoms with Crippen LogP contribution in [-0.4, -0.2) is 36.7 Å². The number of hydrogen-bond acceptors (Lipinski definition) is 8. The van der Waals surface area contributed by atoms with E-state index in [4.69, 9.17) is 4.52 Å². The van der Waals surface area contributed by atoms with Crippen LogP contribution < -0.4 is 4.74 Å². The SMILES string of the molecule is CCCc1nc(CSc2nnnn2-c2ccc(OC(F)(F)F)cc2)no1. The average molecular weight is 386 g/mol. The van der Waals surface area contributed by atoms with Crippen molar-refractivity contribution in [2.24, 2.45) is 0 Å². The summed E-state index contributed by atoms with van der Waals surface area (Å²) in [4.78, 5) is 4.25. The van der Waals surface area contributed by atoms with Gasteiger partial charge in [0.15, 0.2) is 5.82 Å². The summed E-state index contributed by atoms with van der Waals surface area (Å²) in [6.45, 7) is 2.01. The smallest absolute Gasteiger partial charge is 0.406 e. The fraction of sp³-hybridized carbons (Fsp3) is 0.357. The number of halogens is 3. The van der Waals surface area contributed by atoms with Crippen molar-refractivity contribution in [1.82, 2.24) is 30.3 Å². The highest BCUT2D eigenvalue weighted by molar-refractivity contribution is 7.98. The minimum atomic E-state index is -4.74. The van der Waals surface area contributed by atoms with Gasteiger partial charge in [-0.15, -0.1) is 18.3 Å². The van der Waals surface area contributed by atoms with Crippen LogP contribution in [-0.2, 0) is 12.2 Å². The molecule has 3 rings (SSSR count). The fourth-order valence-electron chi connectivity index (χ4n) is 2.01. The zero-order chi connectivity index (χ0) is 18.6. The van der Waals surface area contributed by atoms with E-state index in [2.05, 4.69) is 30.4 Å². The van der Waals surface area contributed by atoms with Gasteiger partial charge < -0.3 is 9.26 Å². The molecule has 8 nitrogen and oxygen atoms in total. The number of alkyl halides is 3. The molecule has 0 bridgehead atoms. The van der Waals surface area contributed by atoms with E-state index in [9.17, 15) is 13.2 Å². The number of aromatic nitrogens is 6. The van der Waals surface area contributed by atoms with E-state index in [0.717, 1.165) is 6.42 Å². The average Bonchev–Trinajstić information content (AvgIpc) is 3.22. The summed E-state index contributed by atoms with van der Waals surface area (Å²) in [5, 5.41) is 15.7. The van der Waals surface area contributed by atoms with Gasteiger partial charge in [0, 0.05) is 6.42 Å². The molecule has 2 aromatic heterocycles. The predicted molar refractivity (Wildman–Crippen MR) is 83.7 cm³/mol. The van der Waals surface area contributed by atoms with Crippen molar-refractivity contribution in [3.63, 3.8) is 0 Å². The van der Waals surface area contributed by atoms with Gasteiger partial charge in [0.05, 0.1) is 11.4 Å². The number of nitrogens with zero attached hydrogens (tertiary/aromatic N) is 6. The zero-order valence-corrected chi connectivity index (χ0v) is 14.3. The molecule has 0 spiro atoms. The van der Waals surface area contributed by atoms with Gasteiger partial charge in [-0.05, 0) is 41.1 Å². The van der Waals surface area contributed by atoms with E-state index in [1.807, 2.05) is 6.92 Å². The van der Waals surface area contributed by atoms with Gasteiger partial charge in [0.1, 0.15) is 5.75 Å². The number of benzene rings is 1. The van der Waals surface area contributed by atoms with E-state index in [0.29, 0.717) is 34.7 Å². The molecule has 0 N–H and O–H groups in total. The van der Waals surface area contributed by atoms with E-state index in [1.54, 1.807) is 0 Å². The highest BCUT2D eigenvalue weighted by atomic mass is 32.2. The Morgan fingerprint density at radius 2 is 2.00 bits per heavy atom. The molecular formula is C14H13F3N6O2S. The molecule has 0 aliphatic heterocycles. The van der Waals surface area contributed by atoms with Crippen LogP contribution in [0.4, 0.5) is 13.2 Å². The number of hydrogen-bond donors (Lipinski definition) is 0. The number of rotatable bonds is 7. The predicted octanol–water partition coefficient (Wildman–Crippen LogP) is 3.19. The van der Waals surface area contributed by atoms with Crippen LogP contribution in [0.5, 0.6) is 5.75 Å². The summed E-state index contributed by atoms with van der Waals surface area (Å²) in [6.07, 6.45) is -3.12. The van der Waals surface area contributed by atoms with Gasteiger partial charge in [0.25, 0.3) is 0 Å². The maximum atomic E-state index is 12.2. The molecule has 0 amide bonds. The van der Waals surface area contributed by atoms with Crippen LogP contribution >= 0.6 is 11.8 Å². The molecule has 0 unspecified atom stereocenters. The van der Waals surface area contributed by atoms with Gasteiger partial charge in [-0.2, -0.15) is 9.67 Å². The lowest BCUT2D eigenvalue weighted by atomic mass is 10.3. The highest BCUT2D eigenvalue weighted by Crippen LogP contribution is 2.25. The number of ether oxygens (including phenoxy) is 1. The maximum absolute atomic E-state index is 12.2. The Balaban J connectivity index is 1.67. The summed E-state index contributed by atoms with van der Waals surface area (Å²) >= 11 is 1.28. The van der Waals surface area contributed by atoms with Crippen molar-refractivity contribution in [1.29, 1.82) is 0 Å². The first-order chi connectivity index (χ1) is 12.4. The van der Waals surface area contributed by atoms with Crippen molar-refractivity contribution < 1.29 is 22.4 Å². The summed E-state index contributed by atoms with van der Waals surface area (Å²) in [6, 6.07) is 5.23. The molecule has 0 aliphatic rings. The van der Waals surface area contributed by atoms with Crippen molar-refractivity contribution in [3.8, 4) is 11.4 Å². The van der Waals surface area contributed by atoms with Crippen LogP contribution in [0.3, 0.4) is 0 Å². The first-order valence-electron chi connectivity index (χ1n) is 7.53. The van der Waals surface area contributed by atoms with Crippen LogP contribution in [0.15, 0.2) is 33.9 Å². The molecule has 138 valence electrons. The van der Waals surface area contributed by atoms with Crippen molar-refractivity contribution in [3.05, 3.63) is 36.0 Å². The minimum absolute atomic E-state index is 0.321. The first-order valence-corrected chi connectivity index (χ1v) is 8.52. The standard InChI is InChI=1S/C14H13F3N6O2S/c1-2-3-12-18-11(20-25-12)8-26-13-19-21-22-23(13)9-4-6-10(7-5-9)24-14(15,16)17/h4-7H,2-3,8H2,1H3. The Morgan fingerprint density at radius 3 is 2.69 bits per heavy atom. The Morgan fingerprint density at radius 1 is 1.23 bits per heavy atom. The van der Waals surface area contributed by atoms with Crippen LogP contribution in [0, 0.1) is 0 Å². The molecule has 0 radical (unpaired) electrons. The molecule has 0 atom stereocenters. The van der Waals surface area contributed by atoms with E-state index >= 15 is 0 Å². The molecule has 26 heavy (non-hydrogen) atoms. The second-order valence-corrected chi connectivity index (χ2v) is 6.00. The third-order valence-corrected chi connectivity index (χ3v) is 3.98. The topological polar surface area (TPSA) is 91.8 Å². The Bertz CT molecular complexity index is 849. The lowest BCUT2D eigenvalue weighted by molar-refractivity contribution is -0.274. The molecule has 0 saturated heterocycles. The number of thioether (sulfide) groups is 1. The van der Waals surface area contributed by atoms with Gasteiger partial charge in [-0.25, -0.2) is 0 Å². The molecule has 0 saturated carbocycles. The quantitative estimate of drug-likeness (QED) is 0.572. The Labute approximate surface area is 149 Å². The number of tetrazole rings is 1. The molecule has 1 aromatic carbocycles. The molecule has 3 aromatic rings. The maximum Gasteiger partial charge on any atom is 0.573 e.